The van der Waals surface area contributed by atoms with Gasteiger partial charge in [0.2, 0.25) is 0 Å². The molecule has 2 fully saturated rings. The summed E-state index contributed by atoms with van der Waals surface area (Å²) < 4.78 is 0. The van der Waals surface area contributed by atoms with Gasteiger partial charge in [0.15, 0.2) is 8.32 Å². The maximum atomic E-state index is 10.1. The molecular weight excluding hydrogens is 164 g/mol. The third-order valence-corrected chi connectivity index (χ3v) is 7.77. The Hall–Kier alpha value is 0.177. The minimum atomic E-state index is -1.92. The molecule has 2 saturated carbocycles. The topological polar surface area (TPSA) is 20.2 Å². The molecule has 0 aromatic carbocycles. The molecule has 0 aromatic heterocycles. The van der Waals surface area contributed by atoms with Crippen LogP contribution in [0.3, 0.4) is 0 Å². The zero-order valence-electron chi connectivity index (χ0n) is 8.59. The monoisotopic (exact) mass is 184 g/mol. The average Bonchev–Trinajstić information content (AvgIpc) is 2.65. The van der Waals surface area contributed by atoms with Crippen molar-refractivity contribution in [2.24, 2.45) is 17.8 Å². The van der Waals surface area contributed by atoms with Crippen LogP contribution >= 0.6 is 0 Å². The van der Waals surface area contributed by atoms with Crippen molar-refractivity contribution in [3.05, 3.63) is 0 Å². The van der Waals surface area contributed by atoms with Gasteiger partial charge in [0, 0.05) is 0 Å². The number of hydrogen-bond acceptors (Lipinski definition) is 1. The van der Waals surface area contributed by atoms with Gasteiger partial charge in [-0.2, -0.15) is 0 Å². The Morgan fingerprint density at radius 3 is 2.08 bits per heavy atom. The Morgan fingerprint density at radius 1 is 1.33 bits per heavy atom. The summed E-state index contributed by atoms with van der Waals surface area (Å²) in [5, 5.41) is 0.227. The molecule has 1 N–H and O–H groups in total. The van der Waals surface area contributed by atoms with Crippen molar-refractivity contribution in [1.29, 1.82) is 0 Å². The zero-order valence-corrected chi connectivity index (χ0v) is 9.59. The van der Waals surface area contributed by atoms with Crippen LogP contribution in [0.1, 0.15) is 26.7 Å². The van der Waals surface area contributed by atoms with E-state index >= 15 is 0 Å². The highest BCUT2D eigenvalue weighted by Crippen LogP contribution is 2.72. The second-order valence-corrected chi connectivity index (χ2v) is 10.3. The van der Waals surface area contributed by atoms with Crippen molar-refractivity contribution < 1.29 is 4.80 Å². The molecule has 70 valence electrons. The van der Waals surface area contributed by atoms with Gasteiger partial charge in [-0.15, -0.1) is 0 Å². The lowest BCUT2D eigenvalue weighted by atomic mass is 10.00. The largest absolute Gasteiger partial charge is 0.432 e. The molecule has 2 unspecified atom stereocenters. The molecule has 3 atom stereocenters. The molecule has 1 nitrogen and oxygen atoms in total. The van der Waals surface area contributed by atoms with Crippen LogP contribution in [0, 0.1) is 17.8 Å². The summed E-state index contributed by atoms with van der Waals surface area (Å²) in [5.41, 5.74) is 0. The highest BCUT2D eigenvalue weighted by atomic mass is 28.4. The Labute approximate surface area is 76.3 Å². The maximum Gasteiger partial charge on any atom is 0.188 e. The summed E-state index contributed by atoms with van der Waals surface area (Å²) in [6, 6.07) is 0. The summed E-state index contributed by atoms with van der Waals surface area (Å²) in [6.07, 6.45) is 2.77. The van der Waals surface area contributed by atoms with Gasteiger partial charge < -0.3 is 4.80 Å². The number of hydrogen-bond donors (Lipinski definition) is 1. The Bertz CT molecular complexity index is 196. The molecule has 0 spiro atoms. The highest BCUT2D eigenvalue weighted by Gasteiger charge is 2.65. The second kappa shape index (κ2) is 2.15. The SMILES string of the molecule is CC(C)(CC1C2C[C@@H]21)[Si](C)(C)O. The average molecular weight is 184 g/mol. The van der Waals surface area contributed by atoms with Gasteiger partial charge >= 0.3 is 0 Å². The van der Waals surface area contributed by atoms with Crippen LogP contribution in [0.15, 0.2) is 0 Å². The molecule has 2 aliphatic carbocycles. The van der Waals surface area contributed by atoms with Crippen LogP contribution in [-0.4, -0.2) is 13.1 Å². The third-order valence-electron chi connectivity index (χ3n) is 4.25. The van der Waals surface area contributed by atoms with Crippen LogP contribution in [0.5, 0.6) is 0 Å². The lowest BCUT2D eigenvalue weighted by Gasteiger charge is -2.36. The van der Waals surface area contributed by atoms with Crippen molar-refractivity contribution >= 4 is 8.32 Å². The molecule has 0 aliphatic heterocycles. The first-order valence-corrected chi connectivity index (χ1v) is 8.00. The fourth-order valence-electron chi connectivity index (χ4n) is 2.06. The molecule has 0 saturated heterocycles. The number of fused-ring (bicyclic) bond motifs is 1. The highest BCUT2D eigenvalue weighted by molar-refractivity contribution is 6.72. The van der Waals surface area contributed by atoms with E-state index in [1.807, 2.05) is 0 Å². The van der Waals surface area contributed by atoms with Crippen LogP contribution in [0.25, 0.3) is 0 Å². The summed E-state index contributed by atoms with van der Waals surface area (Å²) in [6.45, 7) is 8.63. The van der Waals surface area contributed by atoms with Gasteiger partial charge in [-0.3, -0.25) is 0 Å². The van der Waals surface area contributed by atoms with Crippen molar-refractivity contribution in [1.82, 2.24) is 0 Å². The van der Waals surface area contributed by atoms with E-state index in [1.165, 1.54) is 12.8 Å². The zero-order chi connectivity index (χ0) is 9.15. The molecule has 0 radical (unpaired) electrons. The van der Waals surface area contributed by atoms with Gasteiger partial charge in [-0.25, -0.2) is 0 Å². The normalized spacial score (nSPS) is 39.2. The van der Waals surface area contributed by atoms with Gasteiger partial charge in [-0.1, -0.05) is 13.8 Å². The van der Waals surface area contributed by atoms with Crippen molar-refractivity contribution in [3.8, 4) is 0 Å². The second-order valence-electron chi connectivity index (χ2n) is 5.87. The summed E-state index contributed by atoms with van der Waals surface area (Å²) in [4.78, 5) is 10.1. The quantitative estimate of drug-likeness (QED) is 0.669. The molecule has 0 heterocycles. The van der Waals surface area contributed by atoms with Gasteiger partial charge in [0.05, 0.1) is 0 Å². The van der Waals surface area contributed by atoms with Crippen LogP contribution < -0.4 is 0 Å². The lowest BCUT2D eigenvalue weighted by molar-refractivity contribution is 0.404. The van der Waals surface area contributed by atoms with E-state index in [9.17, 15) is 4.80 Å². The van der Waals surface area contributed by atoms with E-state index < -0.39 is 8.32 Å². The van der Waals surface area contributed by atoms with Crippen molar-refractivity contribution in [2.45, 2.75) is 44.8 Å². The molecule has 0 aromatic rings. The predicted octanol–water partition coefficient (Wildman–Crippen LogP) is 2.62. The molecule has 0 amide bonds. The van der Waals surface area contributed by atoms with E-state index in [0.717, 1.165) is 17.8 Å². The van der Waals surface area contributed by atoms with Gasteiger partial charge in [0.25, 0.3) is 0 Å². The van der Waals surface area contributed by atoms with Crippen LogP contribution in [-0.2, 0) is 0 Å². The van der Waals surface area contributed by atoms with Gasteiger partial charge in [0.1, 0.15) is 0 Å². The first-order chi connectivity index (χ1) is 5.33. The van der Waals surface area contributed by atoms with E-state index in [1.54, 1.807) is 0 Å². The smallest absolute Gasteiger partial charge is 0.188 e. The number of rotatable bonds is 3. The maximum absolute atomic E-state index is 10.1. The van der Waals surface area contributed by atoms with Crippen molar-refractivity contribution in [2.75, 3.05) is 0 Å². The molecule has 2 heteroatoms. The minimum Gasteiger partial charge on any atom is -0.432 e. The summed E-state index contributed by atoms with van der Waals surface area (Å²) >= 11 is 0. The van der Waals surface area contributed by atoms with E-state index in [-0.39, 0.29) is 5.04 Å². The van der Waals surface area contributed by atoms with Crippen molar-refractivity contribution in [3.63, 3.8) is 0 Å². The standard InChI is InChI=1S/C10H20OSi/c1-10(2,12(3,4)11)6-9-7-5-8(7)9/h7-9,11H,5-6H2,1-4H3/t7-,8?,9?/m0/s1. The fourth-order valence-corrected chi connectivity index (χ4v) is 2.79. The minimum absolute atomic E-state index is 0.227. The molecule has 2 aliphatic rings. The fraction of sp³-hybridized carbons (Fsp3) is 1.00. The summed E-state index contributed by atoms with van der Waals surface area (Å²) in [7, 11) is -1.92. The van der Waals surface area contributed by atoms with E-state index in [0.29, 0.717) is 0 Å². The molecule has 0 bridgehead atoms. The first-order valence-electron chi connectivity index (χ1n) is 5.05. The molecular formula is C10H20OSi. The first kappa shape index (κ1) is 8.76. The summed E-state index contributed by atoms with van der Waals surface area (Å²) in [5.74, 6) is 3.17. The van der Waals surface area contributed by atoms with E-state index in [4.69, 9.17) is 0 Å². The Kier molecular flexibility index (Phi) is 1.57. The van der Waals surface area contributed by atoms with Crippen LogP contribution in [0.4, 0.5) is 0 Å². The molecule has 2 rings (SSSR count). The Balaban J connectivity index is 1.91. The predicted molar refractivity (Wildman–Crippen MR) is 53.4 cm³/mol. The van der Waals surface area contributed by atoms with E-state index in [2.05, 4.69) is 26.9 Å². The third kappa shape index (κ3) is 1.25. The lowest BCUT2D eigenvalue weighted by Crippen LogP contribution is -2.39. The van der Waals surface area contributed by atoms with Gasteiger partial charge in [-0.05, 0) is 48.7 Å². The Morgan fingerprint density at radius 2 is 1.83 bits per heavy atom. The van der Waals surface area contributed by atoms with Crippen LogP contribution in [0.2, 0.25) is 18.1 Å². The molecule has 12 heavy (non-hydrogen) atoms.